The van der Waals surface area contributed by atoms with E-state index < -0.39 is 6.09 Å². The fourth-order valence-electron chi connectivity index (χ4n) is 3.66. The first kappa shape index (κ1) is 17.6. The molecule has 0 bridgehead atoms. The monoisotopic (exact) mass is 421 g/mol. The predicted molar refractivity (Wildman–Crippen MR) is 110 cm³/mol. The Bertz CT molecular complexity index is 1030. The molecular formula is C22H18BrN2O2-. The zero-order valence-electron chi connectivity index (χ0n) is 14.8. The number of rotatable bonds is 3. The first-order valence-corrected chi connectivity index (χ1v) is 9.56. The van der Waals surface area contributed by atoms with Gasteiger partial charge in [-0.05, 0) is 55.3 Å². The van der Waals surface area contributed by atoms with Crippen molar-refractivity contribution in [3.05, 3.63) is 76.3 Å². The molecule has 4 rings (SSSR count). The molecule has 0 fully saturated rings. The van der Waals surface area contributed by atoms with Crippen LogP contribution in [0.3, 0.4) is 0 Å². The average Bonchev–Trinajstić information content (AvgIpc) is 3.04. The van der Waals surface area contributed by atoms with Gasteiger partial charge in [-0.15, -0.1) is 0 Å². The van der Waals surface area contributed by atoms with Gasteiger partial charge in [-0.2, -0.15) is 0 Å². The summed E-state index contributed by atoms with van der Waals surface area (Å²) < 4.78 is 1.08. The first-order valence-electron chi connectivity index (χ1n) is 8.77. The van der Waals surface area contributed by atoms with Crippen molar-refractivity contribution in [3.63, 3.8) is 0 Å². The van der Waals surface area contributed by atoms with E-state index in [-0.39, 0.29) is 0 Å². The number of halogens is 1. The number of carboxylic acid groups (broad SMARTS) is 1. The summed E-state index contributed by atoms with van der Waals surface area (Å²) in [7, 11) is 0. The number of nitrogens with zero attached hydrogens (tertiary/aromatic N) is 1. The van der Waals surface area contributed by atoms with Crippen LogP contribution < -0.4 is 15.3 Å². The Hall–Kier alpha value is -2.79. The molecule has 27 heavy (non-hydrogen) atoms. The number of carbonyl (C=O) groups excluding carboxylic acids is 1. The van der Waals surface area contributed by atoms with Crippen molar-refractivity contribution in [2.75, 3.05) is 16.8 Å². The third-order valence-corrected chi connectivity index (χ3v) is 5.33. The average molecular weight is 422 g/mol. The Morgan fingerprint density at radius 2 is 1.81 bits per heavy atom. The van der Waals surface area contributed by atoms with Crippen molar-refractivity contribution >= 4 is 39.1 Å². The van der Waals surface area contributed by atoms with Crippen LogP contribution in [0, 0.1) is 6.92 Å². The van der Waals surface area contributed by atoms with Crippen LogP contribution in [-0.4, -0.2) is 12.6 Å². The molecule has 1 aliphatic heterocycles. The number of anilines is 3. The number of hydrogen-bond acceptors (Lipinski definition) is 3. The number of benzene rings is 3. The first-order chi connectivity index (χ1) is 13.0. The van der Waals surface area contributed by atoms with Crippen LogP contribution in [0.5, 0.6) is 0 Å². The summed E-state index contributed by atoms with van der Waals surface area (Å²) >= 11 is 3.55. The van der Waals surface area contributed by atoms with E-state index >= 15 is 0 Å². The maximum absolute atomic E-state index is 11.1. The molecule has 0 spiro atoms. The summed E-state index contributed by atoms with van der Waals surface area (Å²) in [5, 5.41) is 13.5. The molecule has 1 aliphatic rings. The second-order valence-electron chi connectivity index (χ2n) is 6.65. The van der Waals surface area contributed by atoms with E-state index in [1.807, 2.05) is 25.1 Å². The molecule has 1 amide bonds. The molecule has 0 radical (unpaired) electrons. The van der Waals surface area contributed by atoms with E-state index in [1.54, 1.807) is 6.07 Å². The van der Waals surface area contributed by atoms with Crippen LogP contribution in [0.25, 0.3) is 11.1 Å². The number of aryl methyl sites for hydroxylation is 1. The van der Waals surface area contributed by atoms with Crippen molar-refractivity contribution in [1.82, 2.24) is 0 Å². The van der Waals surface area contributed by atoms with E-state index in [4.69, 9.17) is 0 Å². The standard InChI is InChI=1S/C22H19BrN2O2/c1-14-6-8-21(25-11-10-15-13-16(23)7-9-20(15)25)18(12-14)17-4-2-3-5-19(17)24-22(26)27/h2-9,12-13,24H,10-11H2,1H3,(H,26,27)/p-1. The van der Waals surface area contributed by atoms with Crippen LogP contribution in [0.4, 0.5) is 21.9 Å². The molecule has 136 valence electrons. The highest BCUT2D eigenvalue weighted by atomic mass is 79.9. The molecule has 0 aromatic heterocycles. The van der Waals surface area contributed by atoms with Crippen LogP contribution >= 0.6 is 15.9 Å². The fraction of sp³-hybridized carbons (Fsp3) is 0.136. The van der Waals surface area contributed by atoms with Crippen molar-refractivity contribution in [1.29, 1.82) is 0 Å². The SMILES string of the molecule is Cc1ccc(N2CCc3cc(Br)ccc32)c(-c2ccccc2NC(=O)[O-])c1. The van der Waals surface area contributed by atoms with Crippen LogP contribution in [0.1, 0.15) is 11.1 Å². The van der Waals surface area contributed by atoms with Gasteiger partial charge >= 0.3 is 0 Å². The van der Waals surface area contributed by atoms with E-state index in [0.29, 0.717) is 5.69 Å². The third kappa shape index (κ3) is 3.43. The second-order valence-corrected chi connectivity index (χ2v) is 7.57. The largest absolute Gasteiger partial charge is 0.530 e. The molecule has 3 aromatic carbocycles. The second kappa shape index (κ2) is 7.08. The maximum Gasteiger partial charge on any atom is 0.138 e. The summed E-state index contributed by atoms with van der Waals surface area (Å²) in [5.74, 6) is 0. The topological polar surface area (TPSA) is 55.4 Å². The highest BCUT2D eigenvalue weighted by Crippen LogP contribution is 2.42. The summed E-state index contributed by atoms with van der Waals surface area (Å²) in [4.78, 5) is 13.4. The lowest BCUT2D eigenvalue weighted by atomic mass is 9.98. The minimum Gasteiger partial charge on any atom is -0.530 e. The van der Waals surface area contributed by atoms with Gasteiger partial charge in [0.2, 0.25) is 0 Å². The van der Waals surface area contributed by atoms with Crippen LogP contribution in [-0.2, 0) is 6.42 Å². The molecule has 0 unspecified atom stereocenters. The Balaban J connectivity index is 1.86. The molecule has 0 saturated heterocycles. The minimum atomic E-state index is -1.31. The molecule has 1 heterocycles. The van der Waals surface area contributed by atoms with Gasteiger partial charge < -0.3 is 20.1 Å². The smallest absolute Gasteiger partial charge is 0.138 e. The molecular weight excluding hydrogens is 404 g/mol. The summed E-state index contributed by atoms with van der Waals surface area (Å²) in [6, 6.07) is 20.1. The van der Waals surface area contributed by atoms with Gasteiger partial charge in [0.25, 0.3) is 0 Å². The zero-order valence-corrected chi connectivity index (χ0v) is 16.4. The van der Waals surface area contributed by atoms with Gasteiger partial charge in [0.1, 0.15) is 6.09 Å². The number of hydrogen-bond donors (Lipinski definition) is 1. The zero-order chi connectivity index (χ0) is 19.0. The maximum atomic E-state index is 11.1. The fourth-order valence-corrected chi connectivity index (χ4v) is 4.07. The molecule has 3 aromatic rings. The van der Waals surface area contributed by atoms with Crippen LogP contribution in [0.15, 0.2) is 65.1 Å². The number of para-hydroxylation sites is 1. The lowest BCUT2D eigenvalue weighted by molar-refractivity contribution is -0.242. The molecule has 0 aliphatic carbocycles. The summed E-state index contributed by atoms with van der Waals surface area (Å²) in [6.07, 6.45) is -0.339. The van der Waals surface area contributed by atoms with E-state index in [9.17, 15) is 9.90 Å². The third-order valence-electron chi connectivity index (χ3n) is 4.83. The van der Waals surface area contributed by atoms with Crippen molar-refractivity contribution in [3.8, 4) is 11.1 Å². The number of fused-ring (bicyclic) bond motifs is 1. The number of nitrogens with one attached hydrogen (secondary N) is 1. The van der Waals surface area contributed by atoms with E-state index in [2.05, 4.69) is 62.5 Å². The van der Waals surface area contributed by atoms with Gasteiger partial charge in [0.15, 0.2) is 0 Å². The molecule has 1 N–H and O–H groups in total. The quantitative estimate of drug-likeness (QED) is 0.655. The normalized spacial score (nSPS) is 12.7. The highest BCUT2D eigenvalue weighted by molar-refractivity contribution is 9.10. The van der Waals surface area contributed by atoms with Crippen molar-refractivity contribution in [2.24, 2.45) is 0 Å². The predicted octanol–water partition coefficient (Wildman–Crippen LogP) is 4.87. The molecule has 5 heteroatoms. The van der Waals surface area contributed by atoms with Gasteiger partial charge in [0, 0.05) is 39.2 Å². The molecule has 4 nitrogen and oxygen atoms in total. The van der Waals surface area contributed by atoms with Gasteiger partial charge in [-0.3, -0.25) is 0 Å². The Morgan fingerprint density at radius 1 is 1.04 bits per heavy atom. The Labute approximate surface area is 166 Å². The summed E-state index contributed by atoms with van der Waals surface area (Å²) in [6.45, 7) is 2.93. The Kier molecular flexibility index (Phi) is 4.62. The van der Waals surface area contributed by atoms with E-state index in [1.165, 1.54) is 11.3 Å². The highest BCUT2D eigenvalue weighted by Gasteiger charge is 2.23. The molecule has 0 saturated carbocycles. The van der Waals surface area contributed by atoms with Crippen molar-refractivity contribution < 1.29 is 9.90 Å². The van der Waals surface area contributed by atoms with Gasteiger partial charge in [-0.25, -0.2) is 0 Å². The molecule has 0 atom stereocenters. The number of carbonyl (C=O) groups is 1. The Morgan fingerprint density at radius 3 is 2.63 bits per heavy atom. The minimum absolute atomic E-state index is 0.527. The van der Waals surface area contributed by atoms with Crippen molar-refractivity contribution in [2.45, 2.75) is 13.3 Å². The van der Waals surface area contributed by atoms with Crippen LogP contribution in [0.2, 0.25) is 0 Å². The number of amides is 1. The van der Waals surface area contributed by atoms with E-state index in [0.717, 1.165) is 39.8 Å². The summed E-state index contributed by atoms with van der Waals surface area (Å²) in [5.41, 5.74) is 7.04. The van der Waals surface area contributed by atoms with Gasteiger partial charge in [-0.1, -0.05) is 45.8 Å². The lowest BCUT2D eigenvalue weighted by Gasteiger charge is -2.25. The van der Waals surface area contributed by atoms with Gasteiger partial charge in [0.05, 0.1) is 0 Å². The lowest BCUT2D eigenvalue weighted by Crippen LogP contribution is -2.29.